The molecule has 1 aromatic carbocycles. The minimum Gasteiger partial charge on any atom is -0.344 e. The zero-order valence-electron chi connectivity index (χ0n) is 9.08. The van der Waals surface area contributed by atoms with E-state index in [0.717, 1.165) is 11.0 Å². The number of carbonyl (C=O) groups excluding carboxylic acids is 1. The molecule has 2 aromatic rings. The zero-order valence-corrected chi connectivity index (χ0v) is 10.6. The van der Waals surface area contributed by atoms with Crippen LogP contribution in [0, 0.1) is 0 Å². The predicted octanol–water partition coefficient (Wildman–Crippen LogP) is 2.54. The molecule has 0 aliphatic carbocycles. The van der Waals surface area contributed by atoms with Gasteiger partial charge >= 0.3 is 0 Å². The van der Waals surface area contributed by atoms with Crippen LogP contribution in [0.4, 0.5) is 0 Å². The van der Waals surface area contributed by atoms with Crippen LogP contribution in [0.15, 0.2) is 24.3 Å². The lowest BCUT2D eigenvalue weighted by atomic mass is 10.3. The number of nitrogens with one attached hydrogen (secondary N) is 2. The number of alkyl halides is 2. The zero-order chi connectivity index (χ0) is 12.4. The third kappa shape index (κ3) is 2.70. The van der Waals surface area contributed by atoms with Crippen molar-refractivity contribution in [2.75, 3.05) is 0 Å². The lowest BCUT2D eigenvalue weighted by Crippen LogP contribution is -2.31. The van der Waals surface area contributed by atoms with Crippen molar-refractivity contribution in [3.05, 3.63) is 30.1 Å². The average Bonchev–Trinajstić information content (AvgIpc) is 2.72. The molecule has 0 saturated heterocycles. The van der Waals surface area contributed by atoms with Gasteiger partial charge in [-0.3, -0.25) is 4.79 Å². The van der Waals surface area contributed by atoms with Crippen molar-refractivity contribution in [1.82, 2.24) is 15.3 Å². The normalized spacial score (nSPS) is 12.9. The quantitative estimate of drug-likeness (QED) is 0.843. The Hall–Kier alpha value is -1.26. The molecule has 0 bridgehead atoms. The molecular formula is C11H11Cl2N3O. The van der Waals surface area contributed by atoms with Gasteiger partial charge in [-0.2, -0.15) is 0 Å². The van der Waals surface area contributed by atoms with Gasteiger partial charge < -0.3 is 10.3 Å². The van der Waals surface area contributed by atoms with E-state index in [0.29, 0.717) is 5.82 Å². The molecule has 1 atom stereocenters. The molecule has 2 rings (SSSR count). The van der Waals surface area contributed by atoms with E-state index in [-0.39, 0.29) is 6.04 Å². The fraction of sp³-hybridized carbons (Fsp3) is 0.273. The predicted molar refractivity (Wildman–Crippen MR) is 68.1 cm³/mol. The maximum absolute atomic E-state index is 11.3. The molecule has 0 fully saturated rings. The number of hydrogen-bond acceptors (Lipinski definition) is 2. The third-order valence-electron chi connectivity index (χ3n) is 2.37. The molecular weight excluding hydrogens is 261 g/mol. The van der Waals surface area contributed by atoms with E-state index in [1.54, 1.807) is 0 Å². The van der Waals surface area contributed by atoms with Gasteiger partial charge in [-0.05, 0) is 19.1 Å². The number of amides is 1. The van der Waals surface area contributed by atoms with Crippen molar-refractivity contribution in [1.29, 1.82) is 0 Å². The largest absolute Gasteiger partial charge is 0.344 e. The summed E-state index contributed by atoms with van der Waals surface area (Å²) in [5, 5.41) is 2.66. The number of aromatic nitrogens is 2. The van der Waals surface area contributed by atoms with Gasteiger partial charge in [0, 0.05) is 0 Å². The number of benzene rings is 1. The van der Waals surface area contributed by atoms with Crippen LogP contribution >= 0.6 is 23.2 Å². The topological polar surface area (TPSA) is 57.8 Å². The molecule has 6 heteroatoms. The van der Waals surface area contributed by atoms with Crippen LogP contribution in [0.25, 0.3) is 11.0 Å². The Balaban J connectivity index is 2.19. The maximum atomic E-state index is 11.3. The summed E-state index contributed by atoms with van der Waals surface area (Å²) >= 11 is 10.9. The van der Waals surface area contributed by atoms with E-state index in [2.05, 4.69) is 15.3 Å². The molecule has 0 aliphatic heterocycles. The Morgan fingerprint density at radius 1 is 1.41 bits per heavy atom. The highest BCUT2D eigenvalue weighted by Gasteiger charge is 2.17. The fourth-order valence-corrected chi connectivity index (χ4v) is 1.65. The number of aromatic amines is 1. The van der Waals surface area contributed by atoms with E-state index in [1.807, 2.05) is 31.2 Å². The van der Waals surface area contributed by atoms with Gasteiger partial charge in [-0.1, -0.05) is 35.3 Å². The number of H-pyrrole nitrogens is 1. The van der Waals surface area contributed by atoms with E-state index in [9.17, 15) is 4.79 Å². The van der Waals surface area contributed by atoms with Gasteiger partial charge in [0.05, 0.1) is 17.1 Å². The van der Waals surface area contributed by atoms with Crippen molar-refractivity contribution >= 4 is 40.1 Å². The van der Waals surface area contributed by atoms with Crippen molar-refractivity contribution in [2.24, 2.45) is 0 Å². The lowest BCUT2D eigenvalue weighted by Gasteiger charge is -2.11. The summed E-state index contributed by atoms with van der Waals surface area (Å²) in [6, 6.07) is 7.38. The second-order valence-electron chi connectivity index (χ2n) is 3.67. The molecule has 2 N–H and O–H groups in total. The number of fused-ring (bicyclic) bond motifs is 1. The standard InChI is InChI=1S/C11H11Cl2N3O/c1-6(14-11(17)9(12)13)10-15-7-4-2-3-5-8(7)16-10/h2-6,9H,1H3,(H,14,17)(H,15,16). The summed E-state index contributed by atoms with van der Waals surface area (Å²) in [4.78, 5) is 17.8. The Bertz CT molecular complexity index is 505. The summed E-state index contributed by atoms with van der Waals surface area (Å²) in [5.41, 5.74) is 1.79. The maximum Gasteiger partial charge on any atom is 0.253 e. The molecule has 0 radical (unpaired) electrons. The first kappa shape index (κ1) is 12.2. The monoisotopic (exact) mass is 271 g/mol. The first-order chi connectivity index (χ1) is 8.08. The molecule has 0 saturated carbocycles. The molecule has 0 aliphatic rings. The SMILES string of the molecule is CC(NC(=O)C(Cl)Cl)c1nc2ccccc2[nH]1. The summed E-state index contributed by atoms with van der Waals surface area (Å²) in [5.74, 6) is 0.245. The van der Waals surface area contributed by atoms with E-state index in [1.165, 1.54) is 0 Å². The molecule has 4 nitrogen and oxygen atoms in total. The van der Waals surface area contributed by atoms with Gasteiger partial charge in [-0.25, -0.2) is 4.98 Å². The number of carbonyl (C=O) groups is 1. The third-order valence-corrected chi connectivity index (χ3v) is 2.77. The highest BCUT2D eigenvalue weighted by atomic mass is 35.5. The highest BCUT2D eigenvalue weighted by molar-refractivity contribution is 6.53. The van der Waals surface area contributed by atoms with Crippen molar-refractivity contribution < 1.29 is 4.79 Å². The van der Waals surface area contributed by atoms with Crippen molar-refractivity contribution in [2.45, 2.75) is 17.8 Å². The molecule has 1 amide bonds. The van der Waals surface area contributed by atoms with Crippen LogP contribution in [0.5, 0.6) is 0 Å². The number of imidazole rings is 1. The smallest absolute Gasteiger partial charge is 0.253 e. The van der Waals surface area contributed by atoms with Crippen LogP contribution in [0.2, 0.25) is 0 Å². The minimum atomic E-state index is -1.07. The summed E-state index contributed by atoms with van der Waals surface area (Å²) in [6.45, 7) is 1.81. The molecule has 17 heavy (non-hydrogen) atoms. The number of halogens is 2. The second-order valence-corrected chi connectivity index (χ2v) is 4.77. The Morgan fingerprint density at radius 2 is 2.12 bits per heavy atom. The van der Waals surface area contributed by atoms with Gasteiger partial charge in [0.15, 0.2) is 4.84 Å². The van der Waals surface area contributed by atoms with E-state index < -0.39 is 10.7 Å². The molecule has 0 spiro atoms. The molecule has 1 aromatic heterocycles. The van der Waals surface area contributed by atoms with E-state index in [4.69, 9.17) is 23.2 Å². The number of rotatable bonds is 3. The van der Waals surface area contributed by atoms with Crippen LogP contribution in [0.3, 0.4) is 0 Å². The first-order valence-electron chi connectivity index (χ1n) is 5.11. The van der Waals surface area contributed by atoms with Crippen molar-refractivity contribution in [3.63, 3.8) is 0 Å². The van der Waals surface area contributed by atoms with Crippen molar-refractivity contribution in [3.8, 4) is 0 Å². The number of nitrogens with zero attached hydrogens (tertiary/aromatic N) is 1. The number of hydrogen-bond donors (Lipinski definition) is 2. The Kier molecular flexibility index (Phi) is 3.54. The second kappa shape index (κ2) is 4.94. The molecule has 1 heterocycles. The van der Waals surface area contributed by atoms with Gasteiger partial charge in [0.25, 0.3) is 5.91 Å². The first-order valence-corrected chi connectivity index (χ1v) is 5.98. The van der Waals surface area contributed by atoms with Gasteiger partial charge in [0.1, 0.15) is 5.82 Å². The average molecular weight is 272 g/mol. The molecule has 90 valence electrons. The highest BCUT2D eigenvalue weighted by Crippen LogP contribution is 2.16. The van der Waals surface area contributed by atoms with E-state index >= 15 is 0 Å². The summed E-state index contributed by atoms with van der Waals surface area (Å²) in [7, 11) is 0. The Labute approximate surface area is 108 Å². The minimum absolute atomic E-state index is 0.269. The van der Waals surface area contributed by atoms with Gasteiger partial charge in [0.2, 0.25) is 0 Å². The van der Waals surface area contributed by atoms with Crippen LogP contribution in [-0.4, -0.2) is 20.7 Å². The fourth-order valence-electron chi connectivity index (χ4n) is 1.52. The van der Waals surface area contributed by atoms with Crippen LogP contribution < -0.4 is 5.32 Å². The molecule has 1 unspecified atom stereocenters. The van der Waals surface area contributed by atoms with Crippen LogP contribution in [-0.2, 0) is 4.79 Å². The van der Waals surface area contributed by atoms with Gasteiger partial charge in [-0.15, -0.1) is 0 Å². The summed E-state index contributed by atoms with van der Waals surface area (Å²) in [6.07, 6.45) is 0. The number of para-hydroxylation sites is 2. The summed E-state index contributed by atoms with van der Waals surface area (Å²) < 4.78 is 0. The van der Waals surface area contributed by atoms with Crippen LogP contribution in [0.1, 0.15) is 18.8 Å². The lowest BCUT2D eigenvalue weighted by molar-refractivity contribution is -0.120. The Morgan fingerprint density at radius 3 is 2.76 bits per heavy atom.